The molecule has 7 nitrogen and oxygen atoms in total. The molecule has 7 heteroatoms. The minimum Gasteiger partial charge on any atom is -0.478 e. The van der Waals surface area contributed by atoms with Gasteiger partial charge in [0.15, 0.2) is 5.84 Å². The molecular formula is C12H18N4O3. The number of nitrogens with zero attached hydrogens (tertiary/aromatic N) is 2. The Labute approximate surface area is 111 Å². The summed E-state index contributed by atoms with van der Waals surface area (Å²) in [4.78, 5) is 16.0. The van der Waals surface area contributed by atoms with Crippen molar-refractivity contribution >= 4 is 17.4 Å². The lowest BCUT2D eigenvalue weighted by Gasteiger charge is -2.21. The molecule has 104 valence electrons. The van der Waals surface area contributed by atoms with Gasteiger partial charge in [0.2, 0.25) is 11.8 Å². The predicted molar refractivity (Wildman–Crippen MR) is 71.2 cm³/mol. The van der Waals surface area contributed by atoms with Crippen molar-refractivity contribution in [1.82, 2.24) is 4.98 Å². The second-order valence-electron chi connectivity index (χ2n) is 4.38. The molecule has 0 aliphatic carbocycles. The molecule has 1 aromatic heterocycles. The predicted octanol–water partition coefficient (Wildman–Crippen LogP) is 1.19. The number of ether oxygens (including phenoxy) is 1. The topological polar surface area (TPSA) is 110 Å². The monoisotopic (exact) mass is 266 g/mol. The van der Waals surface area contributed by atoms with Crippen molar-refractivity contribution in [2.75, 3.05) is 11.9 Å². The van der Waals surface area contributed by atoms with Crippen LogP contribution in [0, 0.1) is 5.41 Å². The molecule has 0 atom stereocenters. The van der Waals surface area contributed by atoms with Gasteiger partial charge < -0.3 is 21.0 Å². The van der Waals surface area contributed by atoms with Crippen molar-refractivity contribution < 1.29 is 14.7 Å². The average molecular weight is 266 g/mol. The van der Waals surface area contributed by atoms with E-state index in [1.165, 1.54) is 6.20 Å². The third kappa shape index (κ3) is 3.57. The second-order valence-corrected chi connectivity index (χ2v) is 4.38. The standard InChI is InChI=1S/C12H18N4O3/c1-4-19-9-6-5-8(7-14-9)15-11(17)12(2,3)10(13)16-18/h5-7,18H,4H2,1-3H3,(H2,13,16)(H,15,17). The van der Waals surface area contributed by atoms with E-state index in [1.54, 1.807) is 26.0 Å². The van der Waals surface area contributed by atoms with E-state index >= 15 is 0 Å². The SMILES string of the molecule is CCOc1ccc(NC(=O)C(C)(C)C(N)=NO)cn1. The van der Waals surface area contributed by atoms with Crippen molar-refractivity contribution in [1.29, 1.82) is 0 Å². The van der Waals surface area contributed by atoms with E-state index in [1.807, 2.05) is 6.92 Å². The summed E-state index contributed by atoms with van der Waals surface area (Å²) in [5, 5.41) is 14.1. The smallest absolute Gasteiger partial charge is 0.237 e. The third-order valence-electron chi connectivity index (χ3n) is 2.60. The Morgan fingerprint density at radius 2 is 2.26 bits per heavy atom. The molecule has 1 rings (SSSR count). The summed E-state index contributed by atoms with van der Waals surface area (Å²) in [6.45, 7) is 5.49. The van der Waals surface area contributed by atoms with Crippen LogP contribution in [-0.2, 0) is 4.79 Å². The van der Waals surface area contributed by atoms with Crippen LogP contribution in [0.25, 0.3) is 0 Å². The summed E-state index contributed by atoms with van der Waals surface area (Å²) in [6, 6.07) is 3.31. The number of oxime groups is 1. The lowest BCUT2D eigenvalue weighted by molar-refractivity contribution is -0.121. The first-order chi connectivity index (χ1) is 8.91. The highest BCUT2D eigenvalue weighted by atomic mass is 16.5. The molecule has 0 bridgehead atoms. The van der Waals surface area contributed by atoms with Gasteiger partial charge in [0.25, 0.3) is 0 Å². The van der Waals surface area contributed by atoms with Gasteiger partial charge in [-0.3, -0.25) is 4.79 Å². The van der Waals surface area contributed by atoms with Gasteiger partial charge in [-0.05, 0) is 26.8 Å². The van der Waals surface area contributed by atoms with Gasteiger partial charge in [0.05, 0.1) is 18.5 Å². The highest BCUT2D eigenvalue weighted by Gasteiger charge is 2.32. The number of amides is 1. The molecule has 0 aliphatic heterocycles. The quantitative estimate of drug-likeness (QED) is 0.321. The van der Waals surface area contributed by atoms with Crippen LogP contribution in [-0.4, -0.2) is 28.5 Å². The van der Waals surface area contributed by atoms with Gasteiger partial charge in [0.1, 0.15) is 5.41 Å². The number of rotatable bonds is 5. The molecule has 0 fully saturated rings. The number of amidine groups is 1. The van der Waals surface area contributed by atoms with E-state index in [-0.39, 0.29) is 5.84 Å². The number of nitrogens with one attached hydrogen (secondary N) is 1. The van der Waals surface area contributed by atoms with Crippen LogP contribution >= 0.6 is 0 Å². The molecular weight excluding hydrogens is 248 g/mol. The third-order valence-corrected chi connectivity index (χ3v) is 2.60. The van der Waals surface area contributed by atoms with Crippen LogP contribution in [0.4, 0.5) is 5.69 Å². The molecule has 0 saturated heterocycles. The highest BCUT2D eigenvalue weighted by molar-refractivity contribution is 6.11. The van der Waals surface area contributed by atoms with Gasteiger partial charge in [0, 0.05) is 6.07 Å². The lowest BCUT2D eigenvalue weighted by atomic mass is 9.91. The van der Waals surface area contributed by atoms with Gasteiger partial charge in [-0.15, -0.1) is 0 Å². The van der Waals surface area contributed by atoms with Crippen molar-refractivity contribution in [2.24, 2.45) is 16.3 Å². The first-order valence-corrected chi connectivity index (χ1v) is 5.80. The van der Waals surface area contributed by atoms with E-state index in [9.17, 15) is 4.79 Å². The summed E-state index contributed by atoms with van der Waals surface area (Å²) in [6.07, 6.45) is 1.48. The van der Waals surface area contributed by atoms with E-state index in [0.29, 0.717) is 18.2 Å². The molecule has 0 saturated carbocycles. The Morgan fingerprint density at radius 1 is 1.58 bits per heavy atom. The number of anilines is 1. The average Bonchev–Trinajstić information content (AvgIpc) is 2.40. The fraction of sp³-hybridized carbons (Fsp3) is 0.417. The summed E-state index contributed by atoms with van der Waals surface area (Å²) < 4.78 is 5.19. The Hall–Kier alpha value is -2.31. The number of carbonyl (C=O) groups is 1. The van der Waals surface area contributed by atoms with E-state index in [0.717, 1.165) is 0 Å². The Bertz CT molecular complexity index is 468. The number of pyridine rings is 1. The zero-order chi connectivity index (χ0) is 14.5. The molecule has 1 heterocycles. The summed E-state index contributed by atoms with van der Waals surface area (Å²) in [7, 11) is 0. The molecule has 0 radical (unpaired) electrons. The van der Waals surface area contributed by atoms with Gasteiger partial charge in [-0.1, -0.05) is 5.16 Å². The number of hydrogen-bond acceptors (Lipinski definition) is 5. The first-order valence-electron chi connectivity index (χ1n) is 5.80. The summed E-state index contributed by atoms with van der Waals surface area (Å²) in [5.74, 6) is -0.0751. The van der Waals surface area contributed by atoms with Crippen LogP contribution in [0.2, 0.25) is 0 Å². The van der Waals surface area contributed by atoms with Gasteiger partial charge >= 0.3 is 0 Å². The fourth-order valence-corrected chi connectivity index (χ4v) is 1.22. The van der Waals surface area contributed by atoms with E-state index in [2.05, 4.69) is 15.5 Å². The van der Waals surface area contributed by atoms with E-state index in [4.69, 9.17) is 15.7 Å². The van der Waals surface area contributed by atoms with Crippen molar-refractivity contribution in [2.45, 2.75) is 20.8 Å². The van der Waals surface area contributed by atoms with Crippen LogP contribution in [0.5, 0.6) is 5.88 Å². The maximum Gasteiger partial charge on any atom is 0.237 e. The molecule has 0 aromatic carbocycles. The van der Waals surface area contributed by atoms with Gasteiger partial charge in [-0.2, -0.15) is 0 Å². The van der Waals surface area contributed by atoms with Crippen LogP contribution in [0.15, 0.2) is 23.5 Å². The maximum absolute atomic E-state index is 12.0. The van der Waals surface area contributed by atoms with Gasteiger partial charge in [-0.25, -0.2) is 4.98 Å². The van der Waals surface area contributed by atoms with Crippen LogP contribution in [0.3, 0.4) is 0 Å². The second kappa shape index (κ2) is 6.03. The zero-order valence-electron chi connectivity index (χ0n) is 11.2. The molecule has 0 spiro atoms. The minimum absolute atomic E-state index is 0.163. The largest absolute Gasteiger partial charge is 0.478 e. The minimum atomic E-state index is -1.12. The molecule has 0 unspecified atom stereocenters. The Balaban J connectivity index is 2.77. The maximum atomic E-state index is 12.0. The molecule has 0 aliphatic rings. The Kier molecular flexibility index (Phi) is 4.68. The van der Waals surface area contributed by atoms with E-state index < -0.39 is 11.3 Å². The lowest BCUT2D eigenvalue weighted by Crippen LogP contribution is -2.42. The number of aromatic nitrogens is 1. The van der Waals surface area contributed by atoms with Crippen molar-refractivity contribution in [3.8, 4) is 5.88 Å². The molecule has 1 amide bonds. The molecule has 1 aromatic rings. The number of hydrogen-bond donors (Lipinski definition) is 3. The van der Waals surface area contributed by atoms with Crippen LogP contribution < -0.4 is 15.8 Å². The van der Waals surface area contributed by atoms with Crippen molar-refractivity contribution in [3.63, 3.8) is 0 Å². The first kappa shape index (κ1) is 14.7. The summed E-state index contributed by atoms with van der Waals surface area (Å²) >= 11 is 0. The normalized spacial score (nSPS) is 12.1. The van der Waals surface area contributed by atoms with Crippen LogP contribution in [0.1, 0.15) is 20.8 Å². The number of carbonyl (C=O) groups excluding carboxylic acids is 1. The van der Waals surface area contributed by atoms with Crippen molar-refractivity contribution in [3.05, 3.63) is 18.3 Å². The fourth-order valence-electron chi connectivity index (χ4n) is 1.22. The number of nitrogens with two attached hydrogens (primary N) is 1. The molecule has 19 heavy (non-hydrogen) atoms. The Morgan fingerprint density at radius 3 is 2.74 bits per heavy atom. The highest BCUT2D eigenvalue weighted by Crippen LogP contribution is 2.19. The molecule has 4 N–H and O–H groups in total. The zero-order valence-corrected chi connectivity index (χ0v) is 11.2. The summed E-state index contributed by atoms with van der Waals surface area (Å²) in [5.41, 5.74) is 4.86.